The third kappa shape index (κ3) is 9.30. The van der Waals surface area contributed by atoms with Gasteiger partial charge in [0.1, 0.15) is 0 Å². The van der Waals surface area contributed by atoms with E-state index in [1.165, 1.54) is 0 Å². The summed E-state index contributed by atoms with van der Waals surface area (Å²) in [6, 6.07) is 0. The van der Waals surface area contributed by atoms with E-state index in [4.69, 9.17) is 9.84 Å². The van der Waals surface area contributed by atoms with Crippen LogP contribution in [-0.4, -0.2) is 35.5 Å². The van der Waals surface area contributed by atoms with Gasteiger partial charge >= 0.3 is 5.97 Å². The molecule has 4 nitrogen and oxygen atoms in total. The van der Waals surface area contributed by atoms with Crippen LogP contribution in [0, 0.1) is 5.92 Å². The Morgan fingerprint density at radius 2 is 2.08 bits per heavy atom. The Morgan fingerprint density at radius 1 is 1.46 bits per heavy atom. The lowest BCUT2D eigenvalue weighted by Gasteiger charge is -2.12. The number of aliphatic carboxylic acids is 1. The number of carboxylic acid groups (broad SMARTS) is 1. The van der Waals surface area contributed by atoms with Crippen molar-refractivity contribution in [3.05, 3.63) is 0 Å². The lowest BCUT2D eigenvalue weighted by Crippen LogP contribution is -2.18. The van der Waals surface area contributed by atoms with Gasteiger partial charge in [0.25, 0.3) is 0 Å². The first kappa shape index (κ1) is 12.4. The molecule has 0 rings (SSSR count). The molecule has 0 aromatic rings. The topological polar surface area (TPSA) is 66.8 Å². The second kappa shape index (κ2) is 6.86. The van der Waals surface area contributed by atoms with E-state index >= 15 is 0 Å². The second-order valence-electron chi connectivity index (χ2n) is 3.50. The lowest BCUT2D eigenvalue weighted by atomic mass is 10.1. The Balaban J connectivity index is 3.26. The molecule has 1 unspecified atom stereocenters. The molecule has 4 heteroatoms. The molecule has 0 saturated heterocycles. The number of ether oxygens (including phenoxy) is 1. The van der Waals surface area contributed by atoms with Crippen molar-refractivity contribution < 1.29 is 19.7 Å². The summed E-state index contributed by atoms with van der Waals surface area (Å²) in [7, 11) is 0. The number of carbonyl (C=O) groups is 1. The van der Waals surface area contributed by atoms with Gasteiger partial charge in [0.2, 0.25) is 0 Å². The number of aliphatic hydroxyl groups is 1. The highest BCUT2D eigenvalue weighted by atomic mass is 16.5. The van der Waals surface area contributed by atoms with Crippen LogP contribution in [-0.2, 0) is 9.53 Å². The van der Waals surface area contributed by atoms with Crippen molar-refractivity contribution in [2.24, 2.45) is 5.92 Å². The van der Waals surface area contributed by atoms with Crippen molar-refractivity contribution >= 4 is 5.97 Å². The first-order chi connectivity index (χ1) is 6.02. The first-order valence-electron chi connectivity index (χ1n) is 4.50. The molecule has 2 N–H and O–H groups in total. The molecule has 0 amide bonds. The molecule has 0 radical (unpaired) electrons. The Bertz CT molecular complexity index is 145. The van der Waals surface area contributed by atoms with Gasteiger partial charge in [0.15, 0.2) is 0 Å². The fraction of sp³-hybridized carbons (Fsp3) is 0.889. The van der Waals surface area contributed by atoms with Crippen molar-refractivity contribution in [1.29, 1.82) is 0 Å². The number of hydrogen-bond donors (Lipinski definition) is 2. The van der Waals surface area contributed by atoms with Gasteiger partial charge in [0, 0.05) is 0 Å². The number of hydrogen-bond acceptors (Lipinski definition) is 3. The van der Waals surface area contributed by atoms with Gasteiger partial charge in [0.05, 0.1) is 25.7 Å². The monoisotopic (exact) mass is 190 g/mol. The van der Waals surface area contributed by atoms with E-state index in [1.807, 2.05) is 13.8 Å². The van der Waals surface area contributed by atoms with Crippen molar-refractivity contribution in [3.8, 4) is 0 Å². The smallest absolute Gasteiger partial charge is 0.305 e. The Kier molecular flexibility index (Phi) is 6.54. The van der Waals surface area contributed by atoms with E-state index in [2.05, 4.69) is 0 Å². The van der Waals surface area contributed by atoms with Gasteiger partial charge < -0.3 is 14.9 Å². The van der Waals surface area contributed by atoms with E-state index in [9.17, 15) is 9.90 Å². The molecule has 0 heterocycles. The van der Waals surface area contributed by atoms with E-state index in [-0.39, 0.29) is 19.6 Å². The molecule has 0 aromatic heterocycles. The molecule has 0 spiro atoms. The van der Waals surface area contributed by atoms with Crippen molar-refractivity contribution in [2.45, 2.75) is 32.8 Å². The third-order valence-corrected chi connectivity index (χ3v) is 1.51. The Hall–Kier alpha value is -0.610. The summed E-state index contributed by atoms with van der Waals surface area (Å²) in [6.07, 6.45) is 0.204. The molecular weight excluding hydrogens is 172 g/mol. The SMILES string of the molecule is CC(C)CC(O)COCCC(=O)O. The first-order valence-corrected chi connectivity index (χ1v) is 4.50. The molecule has 0 saturated carbocycles. The second-order valence-corrected chi connectivity index (χ2v) is 3.50. The average molecular weight is 190 g/mol. The normalized spacial score (nSPS) is 13.2. The zero-order valence-electron chi connectivity index (χ0n) is 8.19. The number of aliphatic hydroxyl groups excluding tert-OH is 1. The minimum Gasteiger partial charge on any atom is -0.481 e. The van der Waals surface area contributed by atoms with Crippen LogP contribution in [0.1, 0.15) is 26.7 Å². The highest BCUT2D eigenvalue weighted by Gasteiger charge is 2.07. The molecule has 0 aromatic carbocycles. The van der Waals surface area contributed by atoms with E-state index < -0.39 is 12.1 Å². The highest BCUT2D eigenvalue weighted by molar-refractivity contribution is 5.66. The van der Waals surface area contributed by atoms with Crippen LogP contribution in [0.5, 0.6) is 0 Å². The van der Waals surface area contributed by atoms with Gasteiger partial charge in [-0.25, -0.2) is 0 Å². The maximum Gasteiger partial charge on any atom is 0.305 e. The summed E-state index contributed by atoms with van der Waals surface area (Å²) in [5.74, 6) is -0.448. The van der Waals surface area contributed by atoms with Gasteiger partial charge in [-0.05, 0) is 12.3 Å². The molecule has 13 heavy (non-hydrogen) atoms. The fourth-order valence-corrected chi connectivity index (χ4v) is 0.991. The summed E-state index contributed by atoms with van der Waals surface area (Å²) in [4.78, 5) is 10.1. The van der Waals surface area contributed by atoms with Crippen molar-refractivity contribution in [2.75, 3.05) is 13.2 Å². The van der Waals surface area contributed by atoms with Crippen LogP contribution < -0.4 is 0 Å². The Morgan fingerprint density at radius 3 is 2.54 bits per heavy atom. The average Bonchev–Trinajstić information content (AvgIpc) is 1.96. The van der Waals surface area contributed by atoms with Crippen LogP contribution in [0.2, 0.25) is 0 Å². The lowest BCUT2D eigenvalue weighted by molar-refractivity contribution is -0.138. The van der Waals surface area contributed by atoms with Crippen molar-refractivity contribution in [1.82, 2.24) is 0 Å². The predicted molar refractivity (Wildman–Crippen MR) is 48.5 cm³/mol. The zero-order valence-corrected chi connectivity index (χ0v) is 8.19. The molecule has 0 fully saturated rings. The fourth-order valence-electron chi connectivity index (χ4n) is 0.991. The summed E-state index contributed by atoms with van der Waals surface area (Å²) < 4.78 is 4.98. The standard InChI is InChI=1S/C9H18O4/c1-7(2)5-8(10)6-13-4-3-9(11)12/h7-8,10H,3-6H2,1-2H3,(H,11,12). The largest absolute Gasteiger partial charge is 0.481 e. The third-order valence-electron chi connectivity index (χ3n) is 1.51. The van der Waals surface area contributed by atoms with E-state index in [0.29, 0.717) is 12.3 Å². The Labute approximate surface area is 78.5 Å². The summed E-state index contributed by atoms with van der Waals surface area (Å²) in [5.41, 5.74) is 0. The highest BCUT2D eigenvalue weighted by Crippen LogP contribution is 2.04. The summed E-state index contributed by atoms with van der Waals surface area (Å²) >= 11 is 0. The van der Waals surface area contributed by atoms with Crippen LogP contribution in [0.15, 0.2) is 0 Å². The zero-order chi connectivity index (χ0) is 10.3. The molecule has 0 bridgehead atoms. The molecule has 0 aliphatic carbocycles. The minimum absolute atomic E-state index is 0.00556. The predicted octanol–water partition coefficient (Wildman–Crippen LogP) is 0.885. The van der Waals surface area contributed by atoms with E-state index in [0.717, 1.165) is 0 Å². The van der Waals surface area contributed by atoms with Gasteiger partial charge in [-0.2, -0.15) is 0 Å². The quantitative estimate of drug-likeness (QED) is 0.585. The summed E-state index contributed by atoms with van der Waals surface area (Å²) in [6.45, 7) is 4.43. The number of rotatable bonds is 7. The molecule has 1 atom stereocenters. The minimum atomic E-state index is -0.877. The van der Waals surface area contributed by atoms with Crippen LogP contribution >= 0.6 is 0 Å². The van der Waals surface area contributed by atoms with Gasteiger partial charge in [-0.1, -0.05) is 13.8 Å². The molecule has 78 valence electrons. The van der Waals surface area contributed by atoms with E-state index in [1.54, 1.807) is 0 Å². The van der Waals surface area contributed by atoms with Crippen LogP contribution in [0.3, 0.4) is 0 Å². The van der Waals surface area contributed by atoms with Gasteiger partial charge in [-0.15, -0.1) is 0 Å². The number of carboxylic acids is 1. The molecule has 0 aliphatic rings. The van der Waals surface area contributed by atoms with Gasteiger partial charge in [-0.3, -0.25) is 4.79 Å². The van der Waals surface area contributed by atoms with Crippen LogP contribution in [0.25, 0.3) is 0 Å². The molecule has 0 aliphatic heterocycles. The summed E-state index contributed by atoms with van der Waals surface area (Å²) in [5, 5.41) is 17.6. The van der Waals surface area contributed by atoms with Crippen molar-refractivity contribution in [3.63, 3.8) is 0 Å². The maximum absolute atomic E-state index is 10.1. The maximum atomic E-state index is 10.1. The molecular formula is C9H18O4. The van der Waals surface area contributed by atoms with Crippen LogP contribution in [0.4, 0.5) is 0 Å².